The number of ketones is 1. The molecule has 3 N–H and O–H groups in total. The van der Waals surface area contributed by atoms with Gasteiger partial charge in [-0.25, -0.2) is 0 Å². The number of aliphatic hydroxyl groups is 3. The van der Waals surface area contributed by atoms with E-state index in [0.717, 1.165) is 16.7 Å². The number of benzene rings is 1. The lowest BCUT2D eigenvalue weighted by atomic mass is 9.93. The number of hydrogen-bond acceptors (Lipinski definition) is 4. The van der Waals surface area contributed by atoms with Crippen LogP contribution in [0.1, 0.15) is 33.5 Å². The SMILES string of the molecule is Cc1ccc(C(=O)C(O)CC(O)O)c(C)c1C. The van der Waals surface area contributed by atoms with Crippen molar-refractivity contribution < 1.29 is 20.1 Å². The summed E-state index contributed by atoms with van der Waals surface area (Å²) in [6, 6.07) is 3.48. The largest absolute Gasteiger partial charge is 0.385 e. The normalized spacial score (nSPS) is 12.9. The Morgan fingerprint density at radius 3 is 2.24 bits per heavy atom. The first-order chi connectivity index (χ1) is 7.84. The molecule has 0 radical (unpaired) electrons. The summed E-state index contributed by atoms with van der Waals surface area (Å²) >= 11 is 0. The summed E-state index contributed by atoms with van der Waals surface area (Å²) in [5.41, 5.74) is 3.34. The van der Waals surface area contributed by atoms with Gasteiger partial charge >= 0.3 is 0 Å². The van der Waals surface area contributed by atoms with Crippen LogP contribution in [0.2, 0.25) is 0 Å². The van der Waals surface area contributed by atoms with E-state index in [9.17, 15) is 9.90 Å². The topological polar surface area (TPSA) is 77.8 Å². The van der Waals surface area contributed by atoms with Crippen LogP contribution in [-0.4, -0.2) is 33.5 Å². The molecule has 1 aromatic carbocycles. The van der Waals surface area contributed by atoms with Crippen molar-refractivity contribution in [3.63, 3.8) is 0 Å². The fourth-order valence-electron chi connectivity index (χ4n) is 1.71. The fourth-order valence-corrected chi connectivity index (χ4v) is 1.71. The molecule has 17 heavy (non-hydrogen) atoms. The van der Waals surface area contributed by atoms with Gasteiger partial charge < -0.3 is 15.3 Å². The van der Waals surface area contributed by atoms with E-state index in [1.54, 1.807) is 6.07 Å². The van der Waals surface area contributed by atoms with Gasteiger partial charge in [-0.3, -0.25) is 4.79 Å². The van der Waals surface area contributed by atoms with E-state index < -0.39 is 18.2 Å². The summed E-state index contributed by atoms with van der Waals surface area (Å²) in [6.07, 6.45) is -3.43. The molecule has 1 unspecified atom stereocenters. The lowest BCUT2D eigenvalue weighted by Gasteiger charge is -2.14. The third-order valence-electron chi connectivity index (χ3n) is 3.06. The van der Waals surface area contributed by atoms with Gasteiger partial charge in [0.15, 0.2) is 12.1 Å². The van der Waals surface area contributed by atoms with E-state index in [1.165, 1.54) is 0 Å². The zero-order valence-electron chi connectivity index (χ0n) is 10.3. The van der Waals surface area contributed by atoms with Gasteiger partial charge in [0, 0.05) is 12.0 Å². The van der Waals surface area contributed by atoms with Crippen molar-refractivity contribution in [3.05, 3.63) is 34.4 Å². The third-order valence-corrected chi connectivity index (χ3v) is 3.06. The number of Topliss-reactive ketones (excluding diaryl/α,β-unsaturated/α-hetero) is 1. The van der Waals surface area contributed by atoms with Gasteiger partial charge in [-0.05, 0) is 37.5 Å². The van der Waals surface area contributed by atoms with E-state index >= 15 is 0 Å². The molecule has 1 aromatic rings. The van der Waals surface area contributed by atoms with E-state index in [4.69, 9.17) is 10.2 Å². The van der Waals surface area contributed by atoms with Crippen LogP contribution in [0.25, 0.3) is 0 Å². The van der Waals surface area contributed by atoms with Crippen molar-refractivity contribution in [2.45, 2.75) is 39.6 Å². The summed E-state index contributed by atoms with van der Waals surface area (Å²) in [7, 11) is 0. The molecule has 1 atom stereocenters. The molecule has 0 saturated heterocycles. The van der Waals surface area contributed by atoms with Crippen molar-refractivity contribution in [1.82, 2.24) is 0 Å². The highest BCUT2D eigenvalue weighted by atomic mass is 16.5. The monoisotopic (exact) mass is 238 g/mol. The zero-order chi connectivity index (χ0) is 13.2. The molecular weight excluding hydrogens is 220 g/mol. The zero-order valence-corrected chi connectivity index (χ0v) is 10.3. The molecule has 0 bridgehead atoms. The molecule has 4 nitrogen and oxygen atoms in total. The van der Waals surface area contributed by atoms with Crippen LogP contribution in [-0.2, 0) is 0 Å². The van der Waals surface area contributed by atoms with Crippen molar-refractivity contribution in [3.8, 4) is 0 Å². The quantitative estimate of drug-likeness (QED) is 0.537. The highest BCUT2D eigenvalue weighted by Crippen LogP contribution is 2.19. The van der Waals surface area contributed by atoms with Crippen LogP contribution in [0.3, 0.4) is 0 Å². The summed E-state index contributed by atoms with van der Waals surface area (Å²) in [5.74, 6) is -0.473. The van der Waals surface area contributed by atoms with Gasteiger partial charge in [-0.1, -0.05) is 12.1 Å². The lowest BCUT2D eigenvalue weighted by Crippen LogP contribution is -2.26. The number of aryl methyl sites for hydroxylation is 1. The predicted molar refractivity (Wildman–Crippen MR) is 63.8 cm³/mol. The number of hydrogen-bond donors (Lipinski definition) is 3. The molecule has 1 rings (SSSR count). The predicted octanol–water partition coefficient (Wildman–Crippen LogP) is 0.856. The summed E-state index contributed by atoms with van der Waals surface area (Å²) < 4.78 is 0. The number of carbonyl (C=O) groups excluding carboxylic acids is 1. The summed E-state index contributed by atoms with van der Waals surface area (Å²) in [4.78, 5) is 11.9. The Labute approximate surface area is 101 Å². The molecule has 0 fully saturated rings. The molecule has 0 heterocycles. The maximum Gasteiger partial charge on any atom is 0.191 e. The maximum atomic E-state index is 11.9. The summed E-state index contributed by atoms with van der Waals surface area (Å²) in [5, 5.41) is 27.0. The molecule has 0 spiro atoms. The molecule has 0 aliphatic carbocycles. The van der Waals surface area contributed by atoms with Crippen LogP contribution in [0.15, 0.2) is 12.1 Å². The number of rotatable bonds is 4. The van der Waals surface area contributed by atoms with Crippen molar-refractivity contribution in [1.29, 1.82) is 0 Å². The molecule has 0 aromatic heterocycles. The van der Waals surface area contributed by atoms with Gasteiger partial charge in [0.2, 0.25) is 0 Å². The first-order valence-electron chi connectivity index (χ1n) is 5.49. The van der Waals surface area contributed by atoms with E-state index in [-0.39, 0.29) is 6.42 Å². The minimum Gasteiger partial charge on any atom is -0.385 e. The van der Waals surface area contributed by atoms with Crippen LogP contribution < -0.4 is 0 Å². The average Bonchev–Trinajstić information content (AvgIpc) is 2.24. The van der Waals surface area contributed by atoms with Crippen LogP contribution in [0.4, 0.5) is 0 Å². The Morgan fingerprint density at radius 1 is 1.12 bits per heavy atom. The van der Waals surface area contributed by atoms with Gasteiger partial charge in [0.1, 0.15) is 6.10 Å². The molecule has 4 heteroatoms. The first kappa shape index (κ1) is 13.8. The van der Waals surface area contributed by atoms with Gasteiger partial charge in [-0.15, -0.1) is 0 Å². The standard InChI is InChI=1S/C13H18O4/c1-7-4-5-10(9(3)8(7)2)13(17)11(14)6-12(15)16/h4-5,11-12,14-16H,6H2,1-3H3. The smallest absolute Gasteiger partial charge is 0.191 e. The van der Waals surface area contributed by atoms with Gasteiger partial charge in [0.05, 0.1) is 0 Å². The Kier molecular flexibility index (Phi) is 4.40. The Balaban J connectivity index is 3.01. The first-order valence-corrected chi connectivity index (χ1v) is 5.49. The highest BCUT2D eigenvalue weighted by molar-refractivity contribution is 6.00. The van der Waals surface area contributed by atoms with Crippen molar-refractivity contribution >= 4 is 5.78 Å². The Bertz CT molecular complexity index is 424. The third kappa shape index (κ3) is 3.12. The number of carbonyl (C=O) groups is 1. The second kappa shape index (κ2) is 5.40. The van der Waals surface area contributed by atoms with Crippen LogP contribution in [0.5, 0.6) is 0 Å². The van der Waals surface area contributed by atoms with Crippen LogP contribution >= 0.6 is 0 Å². The van der Waals surface area contributed by atoms with Crippen molar-refractivity contribution in [2.24, 2.45) is 0 Å². The van der Waals surface area contributed by atoms with Crippen LogP contribution in [0, 0.1) is 20.8 Å². The van der Waals surface area contributed by atoms with Gasteiger partial charge in [-0.2, -0.15) is 0 Å². The molecule has 0 aliphatic rings. The average molecular weight is 238 g/mol. The lowest BCUT2D eigenvalue weighted by molar-refractivity contribution is -0.0647. The maximum absolute atomic E-state index is 11.9. The fraction of sp³-hybridized carbons (Fsp3) is 0.462. The number of aliphatic hydroxyl groups excluding tert-OH is 2. The highest BCUT2D eigenvalue weighted by Gasteiger charge is 2.21. The minimum atomic E-state index is -1.68. The molecule has 0 aliphatic heterocycles. The van der Waals surface area contributed by atoms with Gasteiger partial charge in [0.25, 0.3) is 0 Å². The van der Waals surface area contributed by atoms with E-state index in [1.807, 2.05) is 26.8 Å². The van der Waals surface area contributed by atoms with E-state index in [2.05, 4.69) is 0 Å². The summed E-state index contributed by atoms with van der Waals surface area (Å²) in [6.45, 7) is 5.68. The molecule has 0 saturated carbocycles. The Hall–Kier alpha value is -1.23. The Morgan fingerprint density at radius 2 is 1.71 bits per heavy atom. The minimum absolute atomic E-state index is 0.370. The second-order valence-corrected chi connectivity index (χ2v) is 4.28. The molecule has 0 amide bonds. The molecule has 94 valence electrons. The second-order valence-electron chi connectivity index (χ2n) is 4.28. The molecular formula is C13H18O4. The van der Waals surface area contributed by atoms with E-state index in [0.29, 0.717) is 5.56 Å². The van der Waals surface area contributed by atoms with Crippen molar-refractivity contribution in [2.75, 3.05) is 0 Å².